The highest BCUT2D eigenvalue weighted by Gasteiger charge is 2.46. The molecule has 1 unspecified atom stereocenters. The van der Waals surface area contributed by atoms with Gasteiger partial charge in [0.1, 0.15) is 17.0 Å². The summed E-state index contributed by atoms with van der Waals surface area (Å²) in [6.45, 7) is 10.5. The molecule has 0 radical (unpaired) electrons. The number of phenols is 1. The first-order chi connectivity index (χ1) is 13.6. The molecule has 8 nitrogen and oxygen atoms in total. The quantitative estimate of drug-likeness (QED) is 0.715. The van der Waals surface area contributed by atoms with Gasteiger partial charge in [0.2, 0.25) is 0 Å². The normalized spacial score (nSPS) is 20.1. The largest absolute Gasteiger partial charge is 0.508 e. The Hall–Kier alpha value is -2.29. The number of phenolic OH excluding ortho intramolecular Hbond substituents is 1. The van der Waals surface area contributed by atoms with E-state index in [9.17, 15) is 23.1 Å². The molecule has 30 heavy (non-hydrogen) atoms. The number of carbonyl (C=O) groups is 2. The summed E-state index contributed by atoms with van der Waals surface area (Å²) in [4.78, 5) is 26.8. The lowest BCUT2D eigenvalue weighted by Crippen LogP contribution is -2.46. The molecule has 0 aromatic heterocycles. The van der Waals surface area contributed by atoms with Gasteiger partial charge >= 0.3 is 12.1 Å². The van der Waals surface area contributed by atoms with Crippen LogP contribution >= 0.6 is 0 Å². The highest BCUT2D eigenvalue weighted by Crippen LogP contribution is 2.31. The Balaban J connectivity index is 2.34. The van der Waals surface area contributed by atoms with Crippen LogP contribution in [0.15, 0.2) is 29.2 Å². The van der Waals surface area contributed by atoms with Gasteiger partial charge in [0, 0.05) is 6.54 Å². The molecule has 1 saturated heterocycles. The molecule has 1 fully saturated rings. The first-order valence-electron chi connectivity index (χ1n) is 9.83. The Morgan fingerprint density at radius 1 is 1.03 bits per heavy atom. The van der Waals surface area contributed by atoms with Crippen molar-refractivity contribution in [3.05, 3.63) is 24.3 Å². The number of benzene rings is 1. The molecular formula is C21H31NO7S. The molecule has 1 aliphatic heterocycles. The van der Waals surface area contributed by atoms with Gasteiger partial charge in [0.15, 0.2) is 9.84 Å². The molecule has 0 saturated carbocycles. The smallest absolute Gasteiger partial charge is 0.410 e. The van der Waals surface area contributed by atoms with Crippen molar-refractivity contribution in [1.29, 1.82) is 0 Å². The van der Waals surface area contributed by atoms with Gasteiger partial charge in [-0.25, -0.2) is 13.2 Å². The zero-order chi connectivity index (χ0) is 22.9. The topological polar surface area (TPSA) is 110 Å². The third-order valence-electron chi connectivity index (χ3n) is 4.47. The van der Waals surface area contributed by atoms with Gasteiger partial charge in [-0.1, -0.05) is 0 Å². The number of hydrogen-bond acceptors (Lipinski definition) is 7. The maximum absolute atomic E-state index is 13.0. The summed E-state index contributed by atoms with van der Waals surface area (Å²) in [6, 6.07) is 4.21. The Bertz CT molecular complexity index is 843. The zero-order valence-electron chi connectivity index (χ0n) is 18.3. The summed E-state index contributed by atoms with van der Waals surface area (Å²) in [5.41, 5.74) is -1.50. The number of carbonyl (C=O) groups excluding carboxylic acids is 2. The predicted octanol–water partition coefficient (Wildman–Crippen LogP) is 3.13. The number of ether oxygens (including phenoxy) is 2. The van der Waals surface area contributed by atoms with Crippen molar-refractivity contribution < 1.29 is 32.6 Å². The second kappa shape index (κ2) is 8.45. The van der Waals surface area contributed by atoms with Crippen molar-refractivity contribution in [2.45, 2.75) is 70.1 Å². The number of aromatic hydroxyl groups is 1. The summed E-state index contributed by atoms with van der Waals surface area (Å²) >= 11 is 0. The highest BCUT2D eigenvalue weighted by atomic mass is 32.2. The third-order valence-corrected chi connectivity index (χ3v) is 6.24. The van der Waals surface area contributed by atoms with Crippen LogP contribution in [0.4, 0.5) is 4.79 Å². The number of esters is 1. The zero-order valence-corrected chi connectivity index (χ0v) is 19.2. The number of rotatable bonds is 4. The molecule has 2 rings (SSSR count). The molecule has 0 bridgehead atoms. The third kappa shape index (κ3) is 6.35. The fraction of sp³-hybridized carbons (Fsp3) is 0.619. The van der Waals surface area contributed by atoms with Crippen LogP contribution in [0.25, 0.3) is 0 Å². The fourth-order valence-electron chi connectivity index (χ4n) is 3.23. The van der Waals surface area contributed by atoms with E-state index >= 15 is 0 Å². The molecule has 1 heterocycles. The molecular weight excluding hydrogens is 410 g/mol. The number of likely N-dealkylation sites (tertiary alicyclic amines) is 1. The molecule has 2 atom stereocenters. The first kappa shape index (κ1) is 24.0. The van der Waals surface area contributed by atoms with E-state index in [1.165, 1.54) is 29.2 Å². The second-order valence-electron chi connectivity index (χ2n) is 9.45. The molecule has 1 aromatic carbocycles. The van der Waals surface area contributed by atoms with Gasteiger partial charge in [-0.05, 0) is 72.2 Å². The second-order valence-corrected chi connectivity index (χ2v) is 11.5. The lowest BCUT2D eigenvalue weighted by atomic mass is 10.0. The van der Waals surface area contributed by atoms with E-state index in [0.29, 0.717) is 0 Å². The molecule has 1 N–H and O–H groups in total. The standard InChI is InChI=1S/C21H31NO7S/c1-20(2,3)28-18(24)16-11-12-22(19(25)29-21(4,5)6)17(16)13-30(26,27)15-9-7-14(23)8-10-15/h7-10,16-17,23H,11-13H2,1-6H3/t16-,17?/m0/s1. The van der Waals surface area contributed by atoms with Crippen LogP contribution in [0.5, 0.6) is 5.75 Å². The minimum absolute atomic E-state index is 0.000669. The van der Waals surface area contributed by atoms with E-state index in [2.05, 4.69) is 0 Å². The van der Waals surface area contributed by atoms with Crippen LogP contribution in [0.3, 0.4) is 0 Å². The minimum atomic E-state index is -3.85. The maximum atomic E-state index is 13.0. The van der Waals surface area contributed by atoms with Crippen molar-refractivity contribution in [1.82, 2.24) is 4.90 Å². The van der Waals surface area contributed by atoms with Crippen LogP contribution in [0.2, 0.25) is 0 Å². The molecule has 1 aromatic rings. The van der Waals surface area contributed by atoms with Crippen molar-refractivity contribution in [3.8, 4) is 5.75 Å². The Kier molecular flexibility index (Phi) is 6.76. The van der Waals surface area contributed by atoms with Crippen LogP contribution in [0, 0.1) is 5.92 Å². The summed E-state index contributed by atoms with van der Waals surface area (Å²) in [5.74, 6) is -1.85. The molecule has 168 valence electrons. The lowest BCUT2D eigenvalue weighted by Gasteiger charge is -2.31. The number of nitrogens with zero attached hydrogens (tertiary/aromatic N) is 1. The maximum Gasteiger partial charge on any atom is 0.410 e. The van der Waals surface area contributed by atoms with E-state index in [1.54, 1.807) is 41.5 Å². The summed E-state index contributed by atoms with van der Waals surface area (Å²) in [5, 5.41) is 9.43. The van der Waals surface area contributed by atoms with Crippen molar-refractivity contribution in [3.63, 3.8) is 0 Å². The fourth-order valence-corrected chi connectivity index (χ4v) is 4.84. The van der Waals surface area contributed by atoms with E-state index < -0.39 is 50.8 Å². The van der Waals surface area contributed by atoms with Crippen molar-refractivity contribution >= 4 is 21.9 Å². The van der Waals surface area contributed by atoms with Crippen molar-refractivity contribution in [2.75, 3.05) is 12.3 Å². The van der Waals surface area contributed by atoms with Gasteiger partial charge in [-0.2, -0.15) is 0 Å². The van der Waals surface area contributed by atoms with E-state index in [4.69, 9.17) is 9.47 Å². The Morgan fingerprint density at radius 3 is 2.07 bits per heavy atom. The van der Waals surface area contributed by atoms with Crippen LogP contribution < -0.4 is 0 Å². The first-order valence-corrected chi connectivity index (χ1v) is 11.5. The van der Waals surface area contributed by atoms with E-state index in [-0.39, 0.29) is 23.6 Å². The Morgan fingerprint density at radius 2 is 1.57 bits per heavy atom. The molecule has 0 aliphatic carbocycles. The van der Waals surface area contributed by atoms with Gasteiger partial charge in [0.05, 0.1) is 22.6 Å². The average molecular weight is 442 g/mol. The van der Waals surface area contributed by atoms with Crippen LogP contribution in [0.1, 0.15) is 48.0 Å². The van der Waals surface area contributed by atoms with Gasteiger partial charge in [-0.15, -0.1) is 0 Å². The molecule has 1 aliphatic rings. The Labute approximate surface area is 178 Å². The highest BCUT2D eigenvalue weighted by molar-refractivity contribution is 7.91. The summed E-state index contributed by atoms with van der Waals surface area (Å²) < 4.78 is 36.9. The van der Waals surface area contributed by atoms with Gasteiger partial charge in [0.25, 0.3) is 0 Å². The number of amides is 1. The number of hydrogen-bond donors (Lipinski definition) is 1. The lowest BCUT2D eigenvalue weighted by molar-refractivity contribution is -0.160. The van der Waals surface area contributed by atoms with Crippen LogP contribution in [-0.2, 0) is 24.1 Å². The summed E-state index contributed by atoms with van der Waals surface area (Å²) in [6.07, 6.45) is -0.385. The molecule has 9 heteroatoms. The van der Waals surface area contributed by atoms with E-state index in [1.807, 2.05) is 0 Å². The van der Waals surface area contributed by atoms with Gasteiger partial charge in [-0.3, -0.25) is 4.79 Å². The predicted molar refractivity (Wildman–Crippen MR) is 111 cm³/mol. The molecule has 1 amide bonds. The monoisotopic (exact) mass is 441 g/mol. The molecule has 0 spiro atoms. The van der Waals surface area contributed by atoms with E-state index in [0.717, 1.165) is 0 Å². The SMILES string of the molecule is CC(C)(C)OC(=O)[C@H]1CCN(C(=O)OC(C)(C)C)C1CS(=O)(=O)c1ccc(O)cc1. The average Bonchev–Trinajstić information content (AvgIpc) is 2.95. The van der Waals surface area contributed by atoms with Crippen molar-refractivity contribution in [2.24, 2.45) is 5.92 Å². The number of sulfone groups is 1. The van der Waals surface area contributed by atoms with Gasteiger partial charge < -0.3 is 19.5 Å². The van der Waals surface area contributed by atoms with Crippen LogP contribution in [-0.4, -0.2) is 60.0 Å². The summed E-state index contributed by atoms with van der Waals surface area (Å²) in [7, 11) is -3.85. The minimum Gasteiger partial charge on any atom is -0.508 e.